The molecule has 3 rings (SSSR count). The van der Waals surface area contributed by atoms with Crippen molar-refractivity contribution >= 4 is 23.3 Å². The van der Waals surface area contributed by atoms with Crippen molar-refractivity contribution in [3.63, 3.8) is 0 Å². The van der Waals surface area contributed by atoms with Gasteiger partial charge in [0.05, 0.1) is 0 Å². The molecule has 1 aromatic heterocycles. The molecule has 1 aliphatic rings. The van der Waals surface area contributed by atoms with Crippen LogP contribution in [-0.2, 0) is 6.42 Å². The van der Waals surface area contributed by atoms with Gasteiger partial charge in [0.2, 0.25) is 0 Å². The van der Waals surface area contributed by atoms with E-state index in [9.17, 15) is 14.0 Å². The fourth-order valence-corrected chi connectivity index (χ4v) is 3.64. The van der Waals surface area contributed by atoms with Crippen molar-refractivity contribution in [2.45, 2.75) is 25.3 Å². The number of hydrogen-bond acceptors (Lipinski definition) is 3. The Morgan fingerprint density at radius 3 is 2.65 bits per heavy atom. The lowest BCUT2D eigenvalue weighted by atomic mass is 10.0. The number of hydrogen-bond donors (Lipinski definition) is 2. The average molecular weight is 375 g/mol. The number of benzene rings is 1. The van der Waals surface area contributed by atoms with Crippen LogP contribution in [0.2, 0.25) is 0 Å². The van der Waals surface area contributed by atoms with Crippen molar-refractivity contribution in [3.05, 3.63) is 58.0 Å². The van der Waals surface area contributed by atoms with E-state index >= 15 is 0 Å². The van der Waals surface area contributed by atoms with Crippen LogP contribution < -0.4 is 10.6 Å². The van der Waals surface area contributed by atoms with Gasteiger partial charge in [-0.25, -0.2) is 9.18 Å². The van der Waals surface area contributed by atoms with Crippen LogP contribution in [0.5, 0.6) is 0 Å². The minimum Gasteiger partial charge on any atom is -0.349 e. The molecule has 0 aliphatic carbocycles. The van der Waals surface area contributed by atoms with Gasteiger partial charge in [0.1, 0.15) is 5.82 Å². The summed E-state index contributed by atoms with van der Waals surface area (Å²) in [5, 5.41) is 9.56. The van der Waals surface area contributed by atoms with Gasteiger partial charge < -0.3 is 15.5 Å². The first kappa shape index (κ1) is 18.4. The Hall–Kier alpha value is -2.41. The second kappa shape index (κ2) is 8.80. The van der Waals surface area contributed by atoms with E-state index in [0.717, 1.165) is 12.8 Å². The second-order valence-electron chi connectivity index (χ2n) is 6.32. The molecule has 3 amide bonds. The molecule has 0 bridgehead atoms. The van der Waals surface area contributed by atoms with E-state index in [1.54, 1.807) is 29.2 Å². The summed E-state index contributed by atoms with van der Waals surface area (Å²) in [7, 11) is 0. The number of carbonyl (C=O) groups excluding carboxylic acids is 2. The monoisotopic (exact) mass is 375 g/mol. The van der Waals surface area contributed by atoms with Crippen LogP contribution in [0.25, 0.3) is 0 Å². The molecule has 138 valence electrons. The third-order valence-electron chi connectivity index (χ3n) is 4.53. The Morgan fingerprint density at radius 2 is 1.96 bits per heavy atom. The first-order valence-electron chi connectivity index (χ1n) is 8.73. The number of urea groups is 1. The second-order valence-corrected chi connectivity index (χ2v) is 7.10. The smallest absolute Gasteiger partial charge is 0.317 e. The maximum Gasteiger partial charge on any atom is 0.317 e. The molecule has 1 aromatic carbocycles. The minimum atomic E-state index is -0.246. The molecule has 2 heterocycles. The highest BCUT2D eigenvalue weighted by Gasteiger charge is 2.24. The van der Waals surface area contributed by atoms with Gasteiger partial charge in [0.25, 0.3) is 5.91 Å². The molecule has 1 saturated heterocycles. The molecule has 2 N–H and O–H groups in total. The summed E-state index contributed by atoms with van der Waals surface area (Å²) >= 11 is 1.50. The van der Waals surface area contributed by atoms with Gasteiger partial charge in [0, 0.05) is 36.6 Å². The summed E-state index contributed by atoms with van der Waals surface area (Å²) in [6.07, 6.45) is 1.93. The predicted molar refractivity (Wildman–Crippen MR) is 99.9 cm³/mol. The lowest BCUT2D eigenvalue weighted by Crippen LogP contribution is -2.49. The maximum atomic E-state index is 13.6. The van der Waals surface area contributed by atoms with Crippen LogP contribution in [0.4, 0.5) is 9.18 Å². The normalized spacial score (nSPS) is 14.9. The molecule has 0 radical (unpaired) electrons. The number of nitrogens with zero attached hydrogens (tertiary/aromatic N) is 1. The molecule has 1 fully saturated rings. The van der Waals surface area contributed by atoms with Gasteiger partial charge in [-0.05, 0) is 42.3 Å². The van der Waals surface area contributed by atoms with Crippen LogP contribution in [0, 0.1) is 5.82 Å². The Labute approximate surface area is 156 Å². The summed E-state index contributed by atoms with van der Waals surface area (Å²) in [4.78, 5) is 26.0. The molecule has 0 spiro atoms. The van der Waals surface area contributed by atoms with E-state index in [1.807, 2.05) is 10.8 Å². The van der Waals surface area contributed by atoms with Crippen molar-refractivity contribution < 1.29 is 14.0 Å². The highest BCUT2D eigenvalue weighted by atomic mass is 32.1. The van der Waals surface area contributed by atoms with Crippen molar-refractivity contribution in [1.82, 2.24) is 15.5 Å². The first-order valence-corrected chi connectivity index (χ1v) is 9.67. The van der Waals surface area contributed by atoms with Crippen molar-refractivity contribution in [2.24, 2.45) is 0 Å². The Morgan fingerprint density at radius 1 is 1.19 bits per heavy atom. The van der Waals surface area contributed by atoms with Crippen LogP contribution in [-0.4, -0.2) is 42.5 Å². The maximum absolute atomic E-state index is 13.6. The molecular formula is C19H22FN3O2S. The summed E-state index contributed by atoms with van der Waals surface area (Å²) in [6.45, 7) is 1.59. The molecule has 5 nitrogen and oxygen atoms in total. The van der Waals surface area contributed by atoms with Gasteiger partial charge >= 0.3 is 6.03 Å². The highest BCUT2D eigenvalue weighted by molar-refractivity contribution is 7.08. The number of carbonyl (C=O) groups is 2. The van der Waals surface area contributed by atoms with Gasteiger partial charge in [-0.1, -0.05) is 18.2 Å². The fraction of sp³-hybridized carbons (Fsp3) is 0.368. The van der Waals surface area contributed by atoms with Gasteiger partial charge in [0.15, 0.2) is 0 Å². The SMILES string of the molecule is O=C(NC1CCN(C(=O)NCCc2ccccc2F)CC1)c1ccsc1. The number of likely N-dealkylation sites (tertiary alicyclic amines) is 1. The molecule has 0 unspecified atom stereocenters. The summed E-state index contributed by atoms with van der Waals surface area (Å²) in [6, 6.07) is 8.34. The largest absolute Gasteiger partial charge is 0.349 e. The van der Waals surface area contributed by atoms with E-state index in [2.05, 4.69) is 10.6 Å². The number of halogens is 1. The minimum absolute atomic E-state index is 0.0564. The third-order valence-corrected chi connectivity index (χ3v) is 5.21. The molecule has 0 atom stereocenters. The molecular weight excluding hydrogens is 353 g/mol. The van der Waals surface area contributed by atoms with Crippen LogP contribution in [0.15, 0.2) is 41.1 Å². The van der Waals surface area contributed by atoms with Crippen LogP contribution in [0.3, 0.4) is 0 Å². The fourth-order valence-electron chi connectivity index (χ4n) is 3.01. The highest BCUT2D eigenvalue weighted by Crippen LogP contribution is 2.13. The summed E-state index contributed by atoms with van der Waals surface area (Å²) < 4.78 is 13.6. The Kier molecular flexibility index (Phi) is 6.22. The van der Waals surface area contributed by atoms with Crippen molar-refractivity contribution in [3.8, 4) is 0 Å². The van der Waals surface area contributed by atoms with E-state index < -0.39 is 0 Å². The number of amides is 3. The number of nitrogens with one attached hydrogen (secondary N) is 2. The zero-order valence-electron chi connectivity index (χ0n) is 14.4. The quantitative estimate of drug-likeness (QED) is 0.844. The Bertz CT molecular complexity index is 743. The van der Waals surface area contributed by atoms with E-state index in [4.69, 9.17) is 0 Å². The predicted octanol–water partition coefficient (Wildman–Crippen LogP) is 3.03. The average Bonchev–Trinajstić information content (AvgIpc) is 3.19. The van der Waals surface area contributed by atoms with E-state index in [-0.39, 0.29) is 23.8 Å². The first-order chi connectivity index (χ1) is 12.6. The van der Waals surface area contributed by atoms with Gasteiger partial charge in [-0.15, -0.1) is 0 Å². The zero-order chi connectivity index (χ0) is 18.4. The number of piperidine rings is 1. The van der Waals surface area contributed by atoms with Crippen LogP contribution in [0.1, 0.15) is 28.8 Å². The van der Waals surface area contributed by atoms with Crippen molar-refractivity contribution in [1.29, 1.82) is 0 Å². The number of thiophene rings is 1. The van der Waals surface area contributed by atoms with E-state index in [1.165, 1.54) is 17.4 Å². The topological polar surface area (TPSA) is 61.4 Å². The molecule has 7 heteroatoms. The van der Waals surface area contributed by atoms with Gasteiger partial charge in [-0.2, -0.15) is 11.3 Å². The summed E-state index contributed by atoms with van der Waals surface area (Å²) in [5.41, 5.74) is 1.28. The zero-order valence-corrected chi connectivity index (χ0v) is 15.2. The van der Waals surface area contributed by atoms with Gasteiger partial charge in [-0.3, -0.25) is 4.79 Å². The molecule has 0 saturated carbocycles. The lowest BCUT2D eigenvalue weighted by molar-refractivity contribution is 0.0918. The summed E-state index contributed by atoms with van der Waals surface area (Å²) in [5.74, 6) is -0.303. The Balaban J connectivity index is 1.38. The van der Waals surface area contributed by atoms with E-state index in [0.29, 0.717) is 37.2 Å². The molecule has 2 aromatic rings. The van der Waals surface area contributed by atoms with Crippen molar-refractivity contribution in [2.75, 3.05) is 19.6 Å². The molecule has 26 heavy (non-hydrogen) atoms. The molecule has 1 aliphatic heterocycles. The third kappa shape index (κ3) is 4.82. The number of rotatable bonds is 5. The van der Waals surface area contributed by atoms with Crippen LogP contribution >= 0.6 is 11.3 Å². The lowest BCUT2D eigenvalue weighted by Gasteiger charge is -2.32. The standard InChI is InChI=1S/C19H22FN3O2S/c20-17-4-2-1-3-14(17)5-9-21-19(25)23-10-6-16(7-11-23)22-18(24)15-8-12-26-13-15/h1-4,8,12-13,16H,5-7,9-11H2,(H,21,25)(H,22,24).